The van der Waals surface area contributed by atoms with Crippen LogP contribution in [0.5, 0.6) is 0 Å². The molecule has 1 rings (SSSR count). The van der Waals surface area contributed by atoms with Gasteiger partial charge in [-0.3, -0.25) is 0 Å². The minimum atomic E-state index is -0.849. The summed E-state index contributed by atoms with van der Waals surface area (Å²) in [7, 11) is 1.62. The van der Waals surface area contributed by atoms with Crippen molar-refractivity contribution < 1.29 is 9.84 Å². The minimum Gasteiger partial charge on any atom is -0.383 e. The molecule has 1 aromatic carbocycles. The molecule has 1 N–H and O–H groups in total. The lowest BCUT2D eigenvalue weighted by atomic mass is 9.90. The van der Waals surface area contributed by atoms with Gasteiger partial charge in [0.15, 0.2) is 0 Å². The first kappa shape index (κ1) is 13.2. The van der Waals surface area contributed by atoms with Crippen molar-refractivity contribution in [2.24, 2.45) is 0 Å². The summed E-state index contributed by atoms with van der Waals surface area (Å²) in [6.45, 7) is 4.48. The van der Waals surface area contributed by atoms with Gasteiger partial charge in [-0.25, -0.2) is 0 Å². The second-order valence-corrected chi connectivity index (χ2v) is 4.27. The van der Waals surface area contributed by atoms with E-state index in [1.165, 1.54) is 5.56 Å². The molecule has 0 heterocycles. The molecule has 0 bridgehead atoms. The van der Waals surface area contributed by atoms with Gasteiger partial charge in [-0.2, -0.15) is 0 Å². The molecule has 0 aliphatic heterocycles. The first-order valence-electron chi connectivity index (χ1n) is 5.97. The van der Waals surface area contributed by atoms with Crippen LogP contribution in [0.1, 0.15) is 37.8 Å². The zero-order valence-corrected chi connectivity index (χ0v) is 10.5. The van der Waals surface area contributed by atoms with Crippen molar-refractivity contribution in [2.75, 3.05) is 13.7 Å². The minimum absolute atomic E-state index is 0.346. The molecule has 0 saturated carbocycles. The van der Waals surface area contributed by atoms with Crippen molar-refractivity contribution in [1.29, 1.82) is 0 Å². The molecule has 0 fully saturated rings. The van der Waals surface area contributed by atoms with E-state index in [4.69, 9.17) is 4.74 Å². The lowest BCUT2D eigenvalue weighted by Gasteiger charge is -2.26. The highest BCUT2D eigenvalue weighted by atomic mass is 16.5. The van der Waals surface area contributed by atoms with Crippen LogP contribution in [0.4, 0.5) is 0 Å². The molecule has 0 aliphatic rings. The largest absolute Gasteiger partial charge is 0.383 e. The van der Waals surface area contributed by atoms with Gasteiger partial charge in [-0.05, 0) is 24.0 Å². The van der Waals surface area contributed by atoms with Crippen LogP contribution >= 0.6 is 0 Å². The number of hydrogen-bond acceptors (Lipinski definition) is 2. The third-order valence-electron chi connectivity index (χ3n) is 2.97. The molecule has 16 heavy (non-hydrogen) atoms. The Labute approximate surface area is 98.3 Å². The fourth-order valence-corrected chi connectivity index (χ4v) is 1.93. The Balaban J connectivity index is 2.96. The molecule has 0 saturated heterocycles. The van der Waals surface area contributed by atoms with Crippen LogP contribution in [0.15, 0.2) is 24.3 Å². The van der Waals surface area contributed by atoms with Crippen molar-refractivity contribution in [2.45, 2.75) is 38.7 Å². The van der Waals surface area contributed by atoms with E-state index in [2.05, 4.69) is 19.1 Å². The molecule has 0 amide bonds. The van der Waals surface area contributed by atoms with E-state index in [0.29, 0.717) is 13.0 Å². The van der Waals surface area contributed by atoms with Gasteiger partial charge in [0.1, 0.15) is 5.60 Å². The molecule has 90 valence electrons. The Kier molecular flexibility index (Phi) is 4.97. The van der Waals surface area contributed by atoms with E-state index in [1.54, 1.807) is 7.11 Å². The highest BCUT2D eigenvalue weighted by molar-refractivity contribution is 5.28. The molecule has 1 atom stereocenters. The summed E-state index contributed by atoms with van der Waals surface area (Å²) in [5.74, 6) is 0. The van der Waals surface area contributed by atoms with Crippen LogP contribution in [-0.2, 0) is 16.8 Å². The van der Waals surface area contributed by atoms with E-state index in [9.17, 15) is 5.11 Å². The maximum atomic E-state index is 10.5. The van der Waals surface area contributed by atoms with E-state index in [1.807, 2.05) is 19.1 Å². The second kappa shape index (κ2) is 6.02. The zero-order valence-electron chi connectivity index (χ0n) is 10.5. The van der Waals surface area contributed by atoms with Gasteiger partial charge < -0.3 is 9.84 Å². The Morgan fingerprint density at radius 1 is 1.31 bits per heavy atom. The normalized spacial score (nSPS) is 14.8. The standard InChI is InChI=1S/C14H22O2/c1-4-7-12-8-6-9-13(10-12)14(15,5-2)11-16-3/h6,8-10,15H,4-5,7,11H2,1-3H3. The van der Waals surface area contributed by atoms with Gasteiger partial charge in [0.2, 0.25) is 0 Å². The predicted molar refractivity (Wildman–Crippen MR) is 66.5 cm³/mol. The van der Waals surface area contributed by atoms with Crippen molar-refractivity contribution in [1.82, 2.24) is 0 Å². The van der Waals surface area contributed by atoms with Crippen LogP contribution < -0.4 is 0 Å². The zero-order chi connectivity index (χ0) is 12.0. The van der Waals surface area contributed by atoms with Gasteiger partial charge >= 0.3 is 0 Å². The number of benzene rings is 1. The molecule has 0 aliphatic carbocycles. The molecule has 1 aromatic rings. The summed E-state index contributed by atoms with van der Waals surface area (Å²) in [5, 5.41) is 10.5. The quantitative estimate of drug-likeness (QED) is 0.802. The molecule has 1 unspecified atom stereocenters. The lowest BCUT2D eigenvalue weighted by Crippen LogP contribution is -2.30. The van der Waals surface area contributed by atoms with Gasteiger partial charge in [-0.15, -0.1) is 0 Å². The van der Waals surface area contributed by atoms with Gasteiger partial charge in [0.05, 0.1) is 6.61 Å². The molecule has 0 aromatic heterocycles. The van der Waals surface area contributed by atoms with Crippen LogP contribution in [0.25, 0.3) is 0 Å². The molecular weight excluding hydrogens is 200 g/mol. The van der Waals surface area contributed by atoms with Crippen molar-refractivity contribution in [3.63, 3.8) is 0 Å². The highest BCUT2D eigenvalue weighted by Crippen LogP contribution is 2.26. The van der Waals surface area contributed by atoms with Crippen molar-refractivity contribution in [3.8, 4) is 0 Å². The third-order valence-corrected chi connectivity index (χ3v) is 2.97. The maximum absolute atomic E-state index is 10.5. The summed E-state index contributed by atoms with van der Waals surface area (Å²) in [6, 6.07) is 8.18. The third kappa shape index (κ3) is 3.06. The predicted octanol–water partition coefficient (Wildman–Crippen LogP) is 2.88. The molecule has 2 nitrogen and oxygen atoms in total. The van der Waals surface area contributed by atoms with Crippen LogP contribution in [0, 0.1) is 0 Å². The monoisotopic (exact) mass is 222 g/mol. The van der Waals surface area contributed by atoms with E-state index in [-0.39, 0.29) is 0 Å². The fraction of sp³-hybridized carbons (Fsp3) is 0.571. The summed E-state index contributed by atoms with van der Waals surface area (Å²) < 4.78 is 5.10. The Hall–Kier alpha value is -0.860. The summed E-state index contributed by atoms with van der Waals surface area (Å²) in [6.07, 6.45) is 2.84. The number of ether oxygens (including phenoxy) is 1. The number of hydrogen-bond donors (Lipinski definition) is 1. The average Bonchev–Trinajstić information content (AvgIpc) is 2.30. The molecule has 0 spiro atoms. The number of aliphatic hydroxyl groups is 1. The van der Waals surface area contributed by atoms with Gasteiger partial charge in [0, 0.05) is 7.11 Å². The molecule has 2 heteroatoms. The summed E-state index contributed by atoms with van der Waals surface area (Å²) >= 11 is 0. The summed E-state index contributed by atoms with van der Waals surface area (Å²) in [5.41, 5.74) is 1.39. The molecule has 0 radical (unpaired) electrons. The Morgan fingerprint density at radius 2 is 2.06 bits per heavy atom. The Morgan fingerprint density at radius 3 is 2.62 bits per heavy atom. The van der Waals surface area contributed by atoms with Crippen LogP contribution in [0.2, 0.25) is 0 Å². The van der Waals surface area contributed by atoms with Crippen LogP contribution in [-0.4, -0.2) is 18.8 Å². The van der Waals surface area contributed by atoms with Crippen molar-refractivity contribution in [3.05, 3.63) is 35.4 Å². The second-order valence-electron chi connectivity index (χ2n) is 4.27. The van der Waals surface area contributed by atoms with E-state index >= 15 is 0 Å². The number of aryl methyl sites for hydroxylation is 1. The van der Waals surface area contributed by atoms with Crippen molar-refractivity contribution >= 4 is 0 Å². The SMILES string of the molecule is CCCc1cccc(C(O)(CC)COC)c1. The van der Waals surface area contributed by atoms with E-state index in [0.717, 1.165) is 18.4 Å². The topological polar surface area (TPSA) is 29.5 Å². The fourth-order valence-electron chi connectivity index (χ4n) is 1.93. The average molecular weight is 222 g/mol. The highest BCUT2D eigenvalue weighted by Gasteiger charge is 2.27. The number of rotatable bonds is 6. The first-order valence-corrected chi connectivity index (χ1v) is 5.97. The summed E-state index contributed by atoms with van der Waals surface area (Å²) in [4.78, 5) is 0. The van der Waals surface area contributed by atoms with Crippen LogP contribution in [0.3, 0.4) is 0 Å². The van der Waals surface area contributed by atoms with Gasteiger partial charge in [-0.1, -0.05) is 44.5 Å². The lowest BCUT2D eigenvalue weighted by molar-refractivity contribution is -0.0386. The molecular formula is C14H22O2. The first-order chi connectivity index (χ1) is 7.66. The number of methoxy groups -OCH3 is 1. The van der Waals surface area contributed by atoms with E-state index < -0.39 is 5.60 Å². The van der Waals surface area contributed by atoms with Gasteiger partial charge in [0.25, 0.3) is 0 Å². The smallest absolute Gasteiger partial charge is 0.113 e. The maximum Gasteiger partial charge on any atom is 0.113 e. The Bertz CT molecular complexity index is 322.